The van der Waals surface area contributed by atoms with Crippen LogP contribution in [0.4, 0.5) is 0 Å². The van der Waals surface area contributed by atoms with Crippen molar-refractivity contribution in [1.29, 1.82) is 0 Å². The zero-order valence-corrected chi connectivity index (χ0v) is 9.39. The number of fused-ring (bicyclic) bond motifs is 1. The van der Waals surface area contributed by atoms with Crippen LogP contribution in [0.3, 0.4) is 0 Å². The molecule has 0 spiro atoms. The van der Waals surface area contributed by atoms with E-state index in [1.54, 1.807) is 10.6 Å². The molecule has 1 aliphatic carbocycles. The van der Waals surface area contributed by atoms with E-state index >= 15 is 0 Å². The van der Waals surface area contributed by atoms with Crippen LogP contribution in [-0.2, 0) is 0 Å². The van der Waals surface area contributed by atoms with Crippen LogP contribution in [0, 0.1) is 0 Å². The van der Waals surface area contributed by atoms with Gasteiger partial charge in [0.2, 0.25) is 0 Å². The molecule has 3 rings (SSSR count). The van der Waals surface area contributed by atoms with Crippen LogP contribution in [-0.4, -0.2) is 21.2 Å². The normalized spacial score (nSPS) is 17.5. The van der Waals surface area contributed by atoms with Crippen molar-refractivity contribution in [2.24, 2.45) is 5.73 Å². The second kappa shape index (κ2) is 3.72. The largest absolute Gasteiger partial charge is 0.387 e. The van der Waals surface area contributed by atoms with Crippen LogP contribution in [0.5, 0.6) is 0 Å². The Hall–Kier alpha value is -1.59. The minimum atomic E-state index is -0.669. The maximum atomic E-state index is 11.8. The Balaban J connectivity index is 2.19. The molecule has 1 atom stereocenters. The fourth-order valence-electron chi connectivity index (χ4n) is 2.18. The van der Waals surface area contributed by atoms with Gasteiger partial charge in [-0.15, -0.1) is 0 Å². The van der Waals surface area contributed by atoms with Crippen LogP contribution in [0.1, 0.15) is 30.6 Å². The summed E-state index contributed by atoms with van der Waals surface area (Å²) < 4.78 is 1.78. The summed E-state index contributed by atoms with van der Waals surface area (Å²) in [5.41, 5.74) is 7.81. The quantitative estimate of drug-likeness (QED) is 0.728. The Labute approximate surface area is 97.9 Å². The molecular weight excluding hydrogens is 218 g/mol. The molecular formula is C12H15N3O2. The van der Waals surface area contributed by atoms with Crippen molar-refractivity contribution in [3.63, 3.8) is 0 Å². The van der Waals surface area contributed by atoms with E-state index in [1.807, 2.05) is 12.1 Å². The lowest BCUT2D eigenvalue weighted by Gasteiger charge is -2.08. The number of hydrogen-bond acceptors (Lipinski definition) is 3. The van der Waals surface area contributed by atoms with Gasteiger partial charge in [0, 0.05) is 12.6 Å². The molecule has 5 nitrogen and oxygen atoms in total. The van der Waals surface area contributed by atoms with Crippen LogP contribution in [0.15, 0.2) is 23.0 Å². The Morgan fingerprint density at radius 1 is 1.53 bits per heavy atom. The predicted octanol–water partition coefficient (Wildman–Crippen LogP) is 0.657. The lowest BCUT2D eigenvalue weighted by Crippen LogP contribution is -2.15. The molecule has 0 amide bonds. The van der Waals surface area contributed by atoms with E-state index in [0.717, 1.165) is 29.4 Å². The van der Waals surface area contributed by atoms with Crippen molar-refractivity contribution in [3.8, 4) is 0 Å². The van der Waals surface area contributed by atoms with Crippen molar-refractivity contribution in [2.75, 3.05) is 6.54 Å². The summed E-state index contributed by atoms with van der Waals surface area (Å²) in [6, 6.07) is 5.79. The van der Waals surface area contributed by atoms with Gasteiger partial charge in [-0.2, -0.15) is 0 Å². The first-order chi connectivity index (χ1) is 8.20. The molecule has 1 aromatic carbocycles. The predicted molar refractivity (Wildman–Crippen MR) is 64.8 cm³/mol. The summed E-state index contributed by atoms with van der Waals surface area (Å²) in [6.45, 7) is 0.184. The molecule has 1 heterocycles. The van der Waals surface area contributed by atoms with Gasteiger partial charge >= 0.3 is 5.69 Å². The number of rotatable bonds is 3. The fourth-order valence-corrected chi connectivity index (χ4v) is 2.18. The molecule has 5 heteroatoms. The highest BCUT2D eigenvalue weighted by Crippen LogP contribution is 2.36. The summed E-state index contributed by atoms with van der Waals surface area (Å²) in [4.78, 5) is 14.6. The number of H-pyrrole nitrogens is 1. The summed E-state index contributed by atoms with van der Waals surface area (Å²) in [6.07, 6.45) is 1.43. The van der Waals surface area contributed by atoms with Crippen LogP contribution < -0.4 is 11.4 Å². The summed E-state index contributed by atoms with van der Waals surface area (Å²) >= 11 is 0. The number of hydrogen-bond donors (Lipinski definition) is 3. The molecule has 0 bridgehead atoms. The Kier molecular flexibility index (Phi) is 2.31. The second-order valence-corrected chi connectivity index (χ2v) is 4.56. The van der Waals surface area contributed by atoms with Crippen molar-refractivity contribution in [1.82, 2.24) is 9.55 Å². The number of nitrogens with two attached hydrogens (primary N) is 1. The number of aliphatic hydroxyl groups is 1. The Bertz CT molecular complexity index is 610. The first-order valence-corrected chi connectivity index (χ1v) is 5.83. The number of nitrogens with zero attached hydrogens (tertiary/aromatic N) is 1. The van der Waals surface area contributed by atoms with Crippen molar-refractivity contribution in [2.45, 2.75) is 25.0 Å². The first-order valence-electron chi connectivity index (χ1n) is 5.83. The average Bonchev–Trinajstić information content (AvgIpc) is 3.10. The third kappa shape index (κ3) is 1.67. The lowest BCUT2D eigenvalue weighted by molar-refractivity contribution is 0.187. The molecule has 90 valence electrons. The molecule has 1 aliphatic rings. The summed E-state index contributed by atoms with van der Waals surface area (Å²) in [7, 11) is 0. The zero-order valence-electron chi connectivity index (χ0n) is 9.39. The topological polar surface area (TPSA) is 84.0 Å². The monoisotopic (exact) mass is 233 g/mol. The maximum absolute atomic E-state index is 11.8. The van der Waals surface area contributed by atoms with Gasteiger partial charge in [0.1, 0.15) is 0 Å². The molecule has 1 fully saturated rings. The Morgan fingerprint density at radius 2 is 2.29 bits per heavy atom. The highest BCUT2D eigenvalue weighted by Gasteiger charge is 2.27. The molecule has 2 aromatic rings. The molecule has 0 radical (unpaired) electrons. The number of imidazole rings is 1. The SMILES string of the molecule is NCC(O)c1ccc2[nH]c(=O)n(C3CC3)c2c1. The van der Waals surface area contributed by atoms with Gasteiger partial charge in [0.25, 0.3) is 0 Å². The minimum absolute atomic E-state index is 0.0677. The van der Waals surface area contributed by atoms with Crippen LogP contribution >= 0.6 is 0 Å². The van der Waals surface area contributed by atoms with Crippen molar-refractivity contribution >= 4 is 11.0 Å². The first kappa shape index (κ1) is 10.6. The number of aromatic nitrogens is 2. The lowest BCUT2D eigenvalue weighted by atomic mass is 10.1. The van der Waals surface area contributed by atoms with Gasteiger partial charge in [0.05, 0.1) is 17.1 Å². The van der Waals surface area contributed by atoms with Gasteiger partial charge in [-0.1, -0.05) is 6.07 Å². The van der Waals surface area contributed by atoms with Crippen LogP contribution in [0.2, 0.25) is 0 Å². The second-order valence-electron chi connectivity index (χ2n) is 4.56. The molecule has 0 aliphatic heterocycles. The van der Waals surface area contributed by atoms with E-state index in [-0.39, 0.29) is 12.2 Å². The highest BCUT2D eigenvalue weighted by molar-refractivity contribution is 5.76. The van der Waals surface area contributed by atoms with Gasteiger partial charge in [-0.3, -0.25) is 4.57 Å². The third-order valence-electron chi connectivity index (χ3n) is 3.26. The third-order valence-corrected chi connectivity index (χ3v) is 3.26. The van der Waals surface area contributed by atoms with E-state index in [4.69, 9.17) is 5.73 Å². The number of aromatic amines is 1. The molecule has 1 aromatic heterocycles. The van der Waals surface area contributed by atoms with Gasteiger partial charge in [-0.25, -0.2) is 4.79 Å². The fraction of sp³-hybridized carbons (Fsp3) is 0.417. The van der Waals surface area contributed by atoms with Gasteiger partial charge in [-0.05, 0) is 30.5 Å². The average molecular weight is 233 g/mol. The Morgan fingerprint density at radius 3 is 2.94 bits per heavy atom. The molecule has 0 saturated heterocycles. The van der Waals surface area contributed by atoms with Crippen molar-refractivity contribution in [3.05, 3.63) is 34.2 Å². The number of nitrogens with one attached hydrogen (secondary N) is 1. The highest BCUT2D eigenvalue weighted by atomic mass is 16.3. The van der Waals surface area contributed by atoms with Crippen LogP contribution in [0.25, 0.3) is 11.0 Å². The minimum Gasteiger partial charge on any atom is -0.387 e. The molecule has 17 heavy (non-hydrogen) atoms. The number of aliphatic hydroxyl groups excluding tert-OH is 1. The van der Waals surface area contributed by atoms with Crippen molar-refractivity contribution < 1.29 is 5.11 Å². The molecule has 1 saturated carbocycles. The standard InChI is InChI=1S/C12H15N3O2/c13-6-11(16)7-1-4-9-10(5-7)15(8-2-3-8)12(17)14-9/h1,4-5,8,11,16H,2-3,6,13H2,(H,14,17). The van der Waals surface area contributed by atoms with E-state index in [2.05, 4.69) is 4.98 Å². The molecule has 4 N–H and O–H groups in total. The van der Waals surface area contributed by atoms with Gasteiger partial charge in [0.15, 0.2) is 0 Å². The van der Waals surface area contributed by atoms with Gasteiger partial charge < -0.3 is 15.8 Å². The smallest absolute Gasteiger partial charge is 0.326 e. The van der Waals surface area contributed by atoms with E-state index in [0.29, 0.717) is 6.04 Å². The van der Waals surface area contributed by atoms with E-state index < -0.39 is 6.10 Å². The zero-order chi connectivity index (χ0) is 12.0. The van der Waals surface area contributed by atoms with E-state index in [1.165, 1.54) is 0 Å². The summed E-state index contributed by atoms with van der Waals surface area (Å²) in [5.74, 6) is 0. The maximum Gasteiger partial charge on any atom is 0.326 e. The summed E-state index contributed by atoms with van der Waals surface area (Å²) in [5, 5.41) is 9.72. The molecule has 1 unspecified atom stereocenters. The number of benzene rings is 1. The van der Waals surface area contributed by atoms with E-state index in [9.17, 15) is 9.90 Å².